The van der Waals surface area contributed by atoms with Gasteiger partial charge >= 0.3 is 7.12 Å². The van der Waals surface area contributed by atoms with Gasteiger partial charge in [0.1, 0.15) is 17.3 Å². The third kappa shape index (κ3) is 14.1. The standard InChI is InChI=1S/C15H15ClN2O.C13H9ClN2.C12H11ClN2.C10H19BO3/c1-2-19-8-7-12-9-13(10-18-15(12)17)11-3-5-14(16)6-4-11;14-12-3-1-9(2-4-12)11-7-10-5-6-15-13(10)16-8-11;1-8-6-10(7-15-12(8)14)9-2-4-11(13)5-3-9;1-6-12-8-7-11-13-9(2,3)10(4,5)14-11/h3-10H,2H2,1H3,(H2,17,18);1-8H,(H,15,16);2-7H,1H3,(H2,14,15);7-8H,6H2,1-5H3/b8-7+;;;8-7+. The zero-order valence-electron chi connectivity index (χ0n) is 37.1. The van der Waals surface area contributed by atoms with Gasteiger partial charge < -0.3 is 35.2 Å². The molecule has 14 heteroatoms. The first-order chi connectivity index (χ1) is 30.6. The molecule has 10 nitrogen and oxygen atoms in total. The lowest BCUT2D eigenvalue weighted by Crippen LogP contribution is -2.41. The van der Waals surface area contributed by atoms with E-state index in [-0.39, 0.29) is 18.3 Å². The summed E-state index contributed by atoms with van der Waals surface area (Å²) in [5, 5.41) is 3.31. The third-order valence-corrected chi connectivity index (χ3v) is 11.0. The number of nitrogens with one attached hydrogen (secondary N) is 1. The number of ether oxygens (including phenoxy) is 2. The van der Waals surface area contributed by atoms with Gasteiger partial charge in [0.05, 0.1) is 36.9 Å². The molecule has 1 fully saturated rings. The molecule has 5 heterocycles. The lowest BCUT2D eigenvalue weighted by molar-refractivity contribution is 0.00578. The molecule has 0 bridgehead atoms. The van der Waals surface area contributed by atoms with Gasteiger partial charge in [-0.3, -0.25) is 0 Å². The number of halogens is 3. The summed E-state index contributed by atoms with van der Waals surface area (Å²) in [7, 11) is -0.299. The van der Waals surface area contributed by atoms with Crippen LogP contribution in [-0.4, -0.2) is 51.5 Å². The number of aromatic amines is 1. The number of anilines is 2. The summed E-state index contributed by atoms with van der Waals surface area (Å²) in [4.78, 5) is 15.7. The average Bonchev–Trinajstić information content (AvgIpc) is 3.83. The van der Waals surface area contributed by atoms with E-state index in [1.807, 2.05) is 158 Å². The van der Waals surface area contributed by atoms with Crippen molar-refractivity contribution in [2.45, 2.75) is 59.7 Å². The van der Waals surface area contributed by atoms with Crippen LogP contribution in [0.1, 0.15) is 52.7 Å². The molecule has 0 radical (unpaired) electrons. The summed E-state index contributed by atoms with van der Waals surface area (Å²) in [6.07, 6.45) is 12.3. The topological polar surface area (TPSA) is 143 Å². The van der Waals surface area contributed by atoms with Gasteiger partial charge in [0.2, 0.25) is 0 Å². The number of H-pyrrole nitrogens is 1. The Morgan fingerprint density at radius 1 is 0.609 bits per heavy atom. The summed E-state index contributed by atoms with van der Waals surface area (Å²) in [6, 6.07) is 31.2. The number of rotatable bonds is 9. The zero-order chi connectivity index (χ0) is 46.3. The zero-order valence-corrected chi connectivity index (χ0v) is 39.4. The monoisotopic (exact) mass is 918 g/mol. The number of aromatic nitrogens is 4. The first-order valence-corrected chi connectivity index (χ1v) is 21.8. The first kappa shape index (κ1) is 49.2. The van der Waals surface area contributed by atoms with E-state index in [1.54, 1.807) is 30.9 Å². The lowest BCUT2D eigenvalue weighted by atomic mass is 9.90. The van der Waals surface area contributed by atoms with Crippen LogP contribution in [0.3, 0.4) is 0 Å². The highest BCUT2D eigenvalue weighted by Gasteiger charge is 2.50. The Labute approximate surface area is 391 Å². The molecule has 64 heavy (non-hydrogen) atoms. The summed E-state index contributed by atoms with van der Waals surface area (Å²) in [5.74, 6) is 2.85. The molecule has 0 unspecified atom stereocenters. The number of hydrogen-bond donors (Lipinski definition) is 3. The van der Waals surface area contributed by atoms with Gasteiger partial charge in [0.25, 0.3) is 0 Å². The highest BCUT2D eigenvalue weighted by molar-refractivity contribution is 6.51. The van der Waals surface area contributed by atoms with Crippen molar-refractivity contribution in [3.8, 4) is 33.4 Å². The van der Waals surface area contributed by atoms with Crippen LogP contribution in [0.2, 0.25) is 15.1 Å². The van der Waals surface area contributed by atoms with Gasteiger partial charge in [-0.25, -0.2) is 15.0 Å². The number of fused-ring (bicyclic) bond motifs is 1. The van der Waals surface area contributed by atoms with E-state index in [0.29, 0.717) is 29.9 Å². The molecule has 1 saturated heterocycles. The van der Waals surface area contributed by atoms with E-state index < -0.39 is 0 Å². The molecule has 0 atom stereocenters. The van der Waals surface area contributed by atoms with Crippen molar-refractivity contribution in [1.29, 1.82) is 0 Å². The van der Waals surface area contributed by atoms with Gasteiger partial charge in [-0.05, 0) is 143 Å². The second kappa shape index (κ2) is 23.2. The van der Waals surface area contributed by atoms with Crippen molar-refractivity contribution in [2.24, 2.45) is 0 Å². The van der Waals surface area contributed by atoms with Crippen LogP contribution < -0.4 is 11.5 Å². The number of nitrogens with two attached hydrogens (primary N) is 2. The van der Waals surface area contributed by atoms with Crippen LogP contribution in [0.25, 0.3) is 50.5 Å². The van der Waals surface area contributed by atoms with E-state index in [0.717, 1.165) is 65.6 Å². The van der Waals surface area contributed by atoms with Gasteiger partial charge in [0.15, 0.2) is 0 Å². The Kier molecular flexibility index (Phi) is 17.8. The van der Waals surface area contributed by atoms with Crippen LogP contribution in [0.15, 0.2) is 140 Å². The van der Waals surface area contributed by atoms with E-state index >= 15 is 0 Å². The quantitative estimate of drug-likeness (QED) is 0.0952. The Balaban J connectivity index is 0.000000162. The van der Waals surface area contributed by atoms with E-state index in [4.69, 9.17) is 65.1 Å². The fourth-order valence-electron chi connectivity index (χ4n) is 5.95. The molecular weight excluding hydrogens is 866 g/mol. The summed E-state index contributed by atoms with van der Waals surface area (Å²) < 4.78 is 21.7. The van der Waals surface area contributed by atoms with Crippen molar-refractivity contribution in [3.05, 3.63) is 167 Å². The van der Waals surface area contributed by atoms with Crippen molar-refractivity contribution in [1.82, 2.24) is 19.9 Å². The lowest BCUT2D eigenvalue weighted by Gasteiger charge is -2.32. The van der Waals surface area contributed by atoms with Crippen LogP contribution in [0.4, 0.5) is 11.6 Å². The van der Waals surface area contributed by atoms with E-state index in [9.17, 15) is 0 Å². The molecule has 1 aliphatic rings. The summed E-state index contributed by atoms with van der Waals surface area (Å²) in [6.45, 7) is 15.2. The first-order valence-electron chi connectivity index (χ1n) is 20.7. The number of aryl methyl sites for hydroxylation is 1. The number of pyridine rings is 3. The smallest absolute Gasteiger partial charge is 0.490 e. The predicted octanol–water partition coefficient (Wildman–Crippen LogP) is 13.3. The Morgan fingerprint density at radius 3 is 1.56 bits per heavy atom. The van der Waals surface area contributed by atoms with Crippen LogP contribution in [0, 0.1) is 6.92 Å². The maximum Gasteiger partial charge on any atom is 0.490 e. The number of benzene rings is 3. The van der Waals surface area contributed by atoms with E-state index in [1.165, 1.54) is 0 Å². The molecule has 8 rings (SSSR count). The molecule has 4 aromatic heterocycles. The highest BCUT2D eigenvalue weighted by Crippen LogP contribution is 2.37. The van der Waals surface area contributed by atoms with Gasteiger partial charge in [-0.15, -0.1) is 0 Å². The minimum atomic E-state index is -0.299. The summed E-state index contributed by atoms with van der Waals surface area (Å²) >= 11 is 17.6. The van der Waals surface area contributed by atoms with Gasteiger partial charge in [-0.1, -0.05) is 71.2 Å². The molecule has 5 N–H and O–H groups in total. The normalized spacial score (nSPS) is 13.7. The molecule has 3 aromatic carbocycles. The SMILES string of the molecule is CCO/C=C/B1OC(C)(C)C(C)(C)O1.CCO/C=C/c1cc(-c2ccc(Cl)cc2)cnc1N.Cc1cc(-c2ccc(Cl)cc2)cnc1N.Clc1ccc(-c2cnc3[nH]ccc3c2)cc1. The molecule has 0 aliphatic carbocycles. The molecule has 7 aromatic rings. The van der Waals surface area contributed by atoms with E-state index in [2.05, 4.69) is 26.0 Å². The molecule has 0 spiro atoms. The van der Waals surface area contributed by atoms with Crippen LogP contribution in [0.5, 0.6) is 0 Å². The molecular formula is C50H54BCl3N6O4. The van der Waals surface area contributed by atoms with Gasteiger partial charge in [-0.2, -0.15) is 0 Å². The second-order valence-electron chi connectivity index (χ2n) is 15.5. The Bertz CT molecular complexity index is 2600. The largest absolute Gasteiger partial charge is 0.502 e. The summed E-state index contributed by atoms with van der Waals surface area (Å²) in [5.41, 5.74) is 20.1. The fourth-order valence-corrected chi connectivity index (χ4v) is 6.33. The Hall–Kier alpha value is -5.82. The highest BCUT2D eigenvalue weighted by atomic mass is 35.5. The maximum absolute atomic E-state index is 5.88. The predicted molar refractivity (Wildman–Crippen MR) is 267 cm³/mol. The number of nitrogen functional groups attached to an aromatic ring is 2. The van der Waals surface area contributed by atoms with Crippen LogP contribution >= 0.6 is 34.8 Å². The van der Waals surface area contributed by atoms with Crippen molar-refractivity contribution in [3.63, 3.8) is 0 Å². The van der Waals surface area contributed by atoms with Crippen molar-refractivity contribution >= 4 is 70.7 Å². The van der Waals surface area contributed by atoms with Crippen molar-refractivity contribution < 1.29 is 18.8 Å². The Morgan fingerprint density at radius 2 is 1.06 bits per heavy atom. The van der Waals surface area contributed by atoms with Crippen LogP contribution in [-0.2, 0) is 18.8 Å². The molecule has 1 aliphatic heterocycles. The number of nitrogens with zero attached hydrogens (tertiary/aromatic N) is 3. The minimum Gasteiger partial charge on any atom is -0.502 e. The third-order valence-electron chi connectivity index (χ3n) is 10.3. The minimum absolute atomic E-state index is 0.270. The molecule has 0 saturated carbocycles. The fraction of sp³-hybridized carbons (Fsp3) is 0.220. The maximum atomic E-state index is 5.88. The average molecular weight is 920 g/mol. The number of hydrogen-bond acceptors (Lipinski definition) is 9. The second-order valence-corrected chi connectivity index (χ2v) is 16.8. The molecule has 0 amide bonds. The van der Waals surface area contributed by atoms with Gasteiger partial charge in [0, 0.05) is 67.5 Å². The molecule has 332 valence electrons. The van der Waals surface area contributed by atoms with Crippen molar-refractivity contribution in [2.75, 3.05) is 24.7 Å².